The summed E-state index contributed by atoms with van der Waals surface area (Å²) in [5, 5.41) is 6.79. The molecule has 3 rings (SSSR count). The molecule has 1 atom stereocenters. The van der Waals surface area contributed by atoms with Gasteiger partial charge in [0.2, 0.25) is 5.91 Å². The second kappa shape index (κ2) is 9.85. The lowest BCUT2D eigenvalue weighted by molar-refractivity contribution is -0.116. The van der Waals surface area contributed by atoms with Crippen LogP contribution in [0.1, 0.15) is 43.7 Å². The maximum absolute atomic E-state index is 12.5. The lowest BCUT2D eigenvalue weighted by Crippen LogP contribution is -2.35. The van der Waals surface area contributed by atoms with Gasteiger partial charge >= 0.3 is 6.03 Å². The Kier molecular flexibility index (Phi) is 7.23. The zero-order chi connectivity index (χ0) is 19.9. The Labute approximate surface area is 174 Å². The number of thioether (sulfide) groups is 1. The number of urea groups is 1. The van der Waals surface area contributed by atoms with E-state index in [0.717, 1.165) is 11.3 Å². The number of benzene rings is 2. The van der Waals surface area contributed by atoms with Crippen molar-refractivity contribution in [3.05, 3.63) is 59.1 Å². The maximum atomic E-state index is 12.5. The number of hydrogen-bond acceptors (Lipinski definition) is 3. The number of carbonyl (C=O) groups excluding carboxylic acids is 2. The molecule has 0 heterocycles. The van der Waals surface area contributed by atoms with E-state index in [2.05, 4.69) is 10.6 Å². The van der Waals surface area contributed by atoms with Crippen LogP contribution in [0.25, 0.3) is 0 Å². The van der Waals surface area contributed by atoms with Crippen LogP contribution < -0.4 is 16.4 Å². The summed E-state index contributed by atoms with van der Waals surface area (Å²) in [4.78, 5) is 25.0. The summed E-state index contributed by atoms with van der Waals surface area (Å²) >= 11 is 7.82. The van der Waals surface area contributed by atoms with Crippen molar-refractivity contribution in [3.8, 4) is 0 Å². The number of primary amides is 1. The van der Waals surface area contributed by atoms with Crippen LogP contribution in [0.4, 0.5) is 10.5 Å². The van der Waals surface area contributed by atoms with Crippen molar-refractivity contribution in [2.45, 2.75) is 48.3 Å². The van der Waals surface area contributed by atoms with Crippen molar-refractivity contribution in [1.29, 1.82) is 0 Å². The zero-order valence-corrected chi connectivity index (χ0v) is 17.1. The fourth-order valence-electron chi connectivity index (χ4n) is 3.33. The lowest BCUT2D eigenvalue weighted by Gasteiger charge is -2.18. The molecule has 5 nitrogen and oxygen atoms in total. The summed E-state index contributed by atoms with van der Waals surface area (Å²) in [5.74, 6) is -0.204. The summed E-state index contributed by atoms with van der Waals surface area (Å²) in [7, 11) is 0. The Bertz CT molecular complexity index is 805. The number of carbonyl (C=O) groups is 2. The van der Waals surface area contributed by atoms with Gasteiger partial charge in [0.25, 0.3) is 0 Å². The summed E-state index contributed by atoms with van der Waals surface area (Å²) in [6.07, 6.45) is 5.27. The van der Waals surface area contributed by atoms with Crippen LogP contribution in [-0.2, 0) is 4.79 Å². The van der Waals surface area contributed by atoms with Gasteiger partial charge < -0.3 is 16.4 Å². The van der Waals surface area contributed by atoms with Gasteiger partial charge in [-0.25, -0.2) is 4.79 Å². The van der Waals surface area contributed by atoms with E-state index in [9.17, 15) is 9.59 Å². The number of rotatable bonds is 7. The van der Waals surface area contributed by atoms with E-state index in [1.807, 2.05) is 36.0 Å². The zero-order valence-electron chi connectivity index (χ0n) is 15.5. The number of anilines is 1. The van der Waals surface area contributed by atoms with Crippen molar-refractivity contribution in [2.75, 3.05) is 5.32 Å². The highest BCUT2D eigenvalue weighted by molar-refractivity contribution is 8.00. The number of halogens is 1. The van der Waals surface area contributed by atoms with Gasteiger partial charge in [-0.05, 0) is 54.8 Å². The fourth-order valence-corrected chi connectivity index (χ4v) is 4.71. The third kappa shape index (κ3) is 6.17. The first-order valence-corrected chi connectivity index (χ1v) is 10.6. The lowest BCUT2D eigenvalue weighted by atomic mass is 10.0. The molecule has 0 bridgehead atoms. The monoisotopic (exact) mass is 417 g/mol. The largest absolute Gasteiger partial charge is 0.352 e. The number of nitrogens with two attached hydrogens (primary N) is 1. The summed E-state index contributed by atoms with van der Waals surface area (Å²) in [6, 6.07) is 13.7. The van der Waals surface area contributed by atoms with Gasteiger partial charge in [-0.15, -0.1) is 11.8 Å². The SMILES string of the molecule is NC(=O)N[C@H](CC(=O)Nc1ccc(SC2CCCC2)cc1)c1ccc(Cl)cc1. The molecule has 7 heteroatoms. The van der Waals surface area contributed by atoms with Crippen LogP contribution in [0, 0.1) is 0 Å². The quantitative estimate of drug-likeness (QED) is 0.585. The smallest absolute Gasteiger partial charge is 0.312 e. The fraction of sp³-hybridized carbons (Fsp3) is 0.333. The molecule has 0 radical (unpaired) electrons. The molecule has 0 unspecified atom stereocenters. The molecule has 148 valence electrons. The first kappa shape index (κ1) is 20.6. The van der Waals surface area contributed by atoms with E-state index < -0.39 is 12.1 Å². The van der Waals surface area contributed by atoms with E-state index in [1.54, 1.807) is 24.3 Å². The summed E-state index contributed by atoms with van der Waals surface area (Å²) in [5.41, 5.74) is 6.76. The second-order valence-corrected chi connectivity index (χ2v) is 8.72. The maximum Gasteiger partial charge on any atom is 0.312 e. The highest BCUT2D eigenvalue weighted by Gasteiger charge is 2.18. The van der Waals surface area contributed by atoms with Crippen molar-refractivity contribution in [3.63, 3.8) is 0 Å². The van der Waals surface area contributed by atoms with Gasteiger partial charge in [-0.1, -0.05) is 36.6 Å². The van der Waals surface area contributed by atoms with Gasteiger partial charge in [0.05, 0.1) is 12.5 Å². The minimum Gasteiger partial charge on any atom is -0.352 e. The van der Waals surface area contributed by atoms with Gasteiger partial charge in [-0.3, -0.25) is 4.79 Å². The van der Waals surface area contributed by atoms with Gasteiger partial charge in [0, 0.05) is 20.9 Å². The van der Waals surface area contributed by atoms with E-state index in [-0.39, 0.29) is 12.3 Å². The molecule has 28 heavy (non-hydrogen) atoms. The Morgan fingerprint density at radius 1 is 1.07 bits per heavy atom. The highest BCUT2D eigenvalue weighted by Crippen LogP contribution is 2.35. The van der Waals surface area contributed by atoms with E-state index in [1.165, 1.54) is 30.6 Å². The van der Waals surface area contributed by atoms with Crippen LogP contribution in [0.5, 0.6) is 0 Å². The molecule has 1 saturated carbocycles. The van der Waals surface area contributed by atoms with Crippen LogP contribution in [0.2, 0.25) is 5.02 Å². The molecule has 1 aliphatic rings. The Morgan fingerprint density at radius 2 is 1.71 bits per heavy atom. The average Bonchev–Trinajstić information content (AvgIpc) is 3.16. The molecule has 1 fully saturated rings. The van der Waals surface area contributed by atoms with Crippen molar-refractivity contribution in [1.82, 2.24) is 5.32 Å². The number of amides is 3. The topological polar surface area (TPSA) is 84.2 Å². The average molecular weight is 418 g/mol. The standard InChI is InChI=1S/C21H24ClN3O2S/c22-15-7-5-14(6-8-15)19(25-21(23)27)13-20(26)24-16-9-11-18(12-10-16)28-17-3-1-2-4-17/h5-12,17,19H,1-4,13H2,(H,24,26)(H3,23,25,27)/t19-/m1/s1. The predicted molar refractivity (Wildman–Crippen MR) is 115 cm³/mol. The van der Waals surface area contributed by atoms with Crippen LogP contribution in [-0.4, -0.2) is 17.2 Å². The third-order valence-corrected chi connectivity index (χ3v) is 6.32. The minimum absolute atomic E-state index is 0.0726. The molecular formula is C21H24ClN3O2S. The molecule has 1 aliphatic carbocycles. The van der Waals surface area contributed by atoms with E-state index in [0.29, 0.717) is 10.3 Å². The Balaban J connectivity index is 1.58. The second-order valence-electron chi connectivity index (χ2n) is 6.91. The molecule has 2 aromatic carbocycles. The van der Waals surface area contributed by atoms with Crippen molar-refractivity contribution >= 4 is 41.0 Å². The molecule has 0 spiro atoms. The molecule has 0 aliphatic heterocycles. The van der Waals surface area contributed by atoms with E-state index >= 15 is 0 Å². The van der Waals surface area contributed by atoms with E-state index in [4.69, 9.17) is 17.3 Å². The third-order valence-electron chi connectivity index (χ3n) is 4.72. The molecule has 0 aromatic heterocycles. The Hall–Kier alpha value is -2.18. The Morgan fingerprint density at radius 3 is 2.32 bits per heavy atom. The van der Waals surface area contributed by atoms with Crippen molar-refractivity contribution < 1.29 is 9.59 Å². The predicted octanol–water partition coefficient (Wildman–Crippen LogP) is 5.11. The first-order chi connectivity index (χ1) is 13.5. The van der Waals surface area contributed by atoms with Crippen LogP contribution in [0.15, 0.2) is 53.4 Å². The van der Waals surface area contributed by atoms with Gasteiger partial charge in [-0.2, -0.15) is 0 Å². The molecule has 4 N–H and O–H groups in total. The summed E-state index contributed by atoms with van der Waals surface area (Å²) in [6.45, 7) is 0. The normalized spacial score (nSPS) is 15.2. The molecule has 3 amide bonds. The number of hydrogen-bond donors (Lipinski definition) is 3. The van der Waals surface area contributed by atoms with Crippen molar-refractivity contribution in [2.24, 2.45) is 5.73 Å². The van der Waals surface area contributed by atoms with Gasteiger partial charge in [0.15, 0.2) is 0 Å². The molecular weight excluding hydrogens is 394 g/mol. The first-order valence-electron chi connectivity index (χ1n) is 9.37. The van der Waals surface area contributed by atoms with Crippen LogP contribution >= 0.6 is 23.4 Å². The highest BCUT2D eigenvalue weighted by atomic mass is 35.5. The minimum atomic E-state index is -0.680. The van der Waals surface area contributed by atoms with Crippen LogP contribution in [0.3, 0.4) is 0 Å². The number of nitrogens with one attached hydrogen (secondary N) is 2. The molecule has 0 saturated heterocycles. The van der Waals surface area contributed by atoms with Gasteiger partial charge in [0.1, 0.15) is 0 Å². The molecule has 2 aromatic rings. The summed E-state index contributed by atoms with van der Waals surface area (Å²) < 4.78 is 0.